The van der Waals surface area contributed by atoms with Crippen LogP contribution in [0.4, 0.5) is 4.39 Å². The van der Waals surface area contributed by atoms with E-state index in [0.29, 0.717) is 21.6 Å². The normalized spacial score (nSPS) is 15.2. The Kier molecular flexibility index (Phi) is 4.36. The number of benzene rings is 2. The van der Waals surface area contributed by atoms with Crippen molar-refractivity contribution < 1.29 is 9.18 Å². The van der Waals surface area contributed by atoms with Crippen molar-refractivity contribution in [1.82, 2.24) is 9.55 Å². The van der Waals surface area contributed by atoms with Gasteiger partial charge in [-0.3, -0.25) is 14.2 Å². The van der Waals surface area contributed by atoms with Gasteiger partial charge in [-0.2, -0.15) is 0 Å². The second-order valence-corrected chi connectivity index (χ2v) is 7.76. The van der Waals surface area contributed by atoms with Gasteiger partial charge in [0.05, 0.1) is 16.2 Å². The number of aromatic nitrogens is 2. The van der Waals surface area contributed by atoms with Gasteiger partial charge < -0.3 is 0 Å². The predicted octanol–water partition coefficient (Wildman–Crippen LogP) is 4.23. The molecule has 132 valence electrons. The zero-order valence-corrected chi connectivity index (χ0v) is 15.0. The number of hydrogen-bond donors (Lipinski definition) is 0. The van der Waals surface area contributed by atoms with Crippen LogP contribution in [-0.2, 0) is 0 Å². The fraction of sp³-hybridized carbons (Fsp3) is 0.250. The van der Waals surface area contributed by atoms with Crippen molar-refractivity contribution in [2.24, 2.45) is 0 Å². The van der Waals surface area contributed by atoms with E-state index in [1.165, 1.54) is 36.0 Å². The van der Waals surface area contributed by atoms with Gasteiger partial charge in [0.25, 0.3) is 5.56 Å². The minimum absolute atomic E-state index is 0.0537. The molecule has 26 heavy (non-hydrogen) atoms. The molecule has 1 saturated carbocycles. The van der Waals surface area contributed by atoms with Crippen molar-refractivity contribution in [2.75, 3.05) is 0 Å². The van der Waals surface area contributed by atoms with Crippen molar-refractivity contribution in [3.8, 4) is 0 Å². The molecular formula is C20H17FN2O2S. The molecule has 0 saturated heterocycles. The third kappa shape index (κ3) is 3.17. The summed E-state index contributed by atoms with van der Waals surface area (Å²) in [4.78, 5) is 30.2. The van der Waals surface area contributed by atoms with Crippen LogP contribution in [0.2, 0.25) is 0 Å². The summed E-state index contributed by atoms with van der Waals surface area (Å²) < 4.78 is 14.8. The Balaban J connectivity index is 1.70. The number of halogens is 1. The zero-order chi connectivity index (χ0) is 18.3. The second-order valence-electron chi connectivity index (χ2n) is 6.45. The average Bonchev–Trinajstić information content (AvgIpc) is 3.47. The molecule has 0 radical (unpaired) electrons. The molecule has 6 heteroatoms. The minimum Gasteiger partial charge on any atom is -0.293 e. The van der Waals surface area contributed by atoms with Crippen molar-refractivity contribution in [3.63, 3.8) is 0 Å². The Labute approximate surface area is 154 Å². The lowest BCUT2D eigenvalue weighted by Crippen LogP contribution is -2.24. The summed E-state index contributed by atoms with van der Waals surface area (Å²) in [5.41, 5.74) is 1.04. The molecule has 4 rings (SSSR count). The van der Waals surface area contributed by atoms with E-state index in [4.69, 9.17) is 0 Å². The quantitative estimate of drug-likeness (QED) is 0.384. The highest BCUT2D eigenvalue weighted by Gasteiger charge is 2.30. The first-order valence-corrected chi connectivity index (χ1v) is 9.40. The van der Waals surface area contributed by atoms with E-state index in [2.05, 4.69) is 4.98 Å². The Bertz CT molecular complexity index is 1040. The zero-order valence-electron chi connectivity index (χ0n) is 14.2. The Hall–Kier alpha value is -2.47. The number of Topliss-reactive ketones (excluding diaryl/α,β-unsaturated/α-hetero) is 1. The van der Waals surface area contributed by atoms with Crippen LogP contribution in [-0.4, -0.2) is 20.6 Å². The van der Waals surface area contributed by atoms with E-state index in [1.54, 1.807) is 17.6 Å². The van der Waals surface area contributed by atoms with Crippen molar-refractivity contribution in [3.05, 3.63) is 70.3 Å². The molecule has 1 aliphatic carbocycles. The van der Waals surface area contributed by atoms with Gasteiger partial charge in [0, 0.05) is 11.6 Å². The van der Waals surface area contributed by atoms with Gasteiger partial charge >= 0.3 is 0 Å². The number of hydrogen-bond acceptors (Lipinski definition) is 4. The molecule has 1 atom stereocenters. The van der Waals surface area contributed by atoms with Gasteiger partial charge in [-0.05, 0) is 56.2 Å². The van der Waals surface area contributed by atoms with Crippen LogP contribution in [0.3, 0.4) is 0 Å². The molecule has 1 fully saturated rings. The van der Waals surface area contributed by atoms with Crippen LogP contribution in [0, 0.1) is 5.82 Å². The molecule has 3 aromatic rings. The Morgan fingerprint density at radius 3 is 2.58 bits per heavy atom. The Morgan fingerprint density at radius 1 is 1.19 bits per heavy atom. The summed E-state index contributed by atoms with van der Waals surface area (Å²) in [6.45, 7) is 1.79. The molecule has 1 aromatic heterocycles. The van der Waals surface area contributed by atoms with Crippen LogP contribution in [0.5, 0.6) is 0 Å². The van der Waals surface area contributed by atoms with E-state index < -0.39 is 5.25 Å². The molecular weight excluding hydrogens is 351 g/mol. The van der Waals surface area contributed by atoms with Crippen LogP contribution in [0.25, 0.3) is 10.9 Å². The summed E-state index contributed by atoms with van der Waals surface area (Å²) in [6.07, 6.45) is 1.90. The Morgan fingerprint density at radius 2 is 1.88 bits per heavy atom. The standard InChI is InChI=1S/C20H17FN2O2S/c1-12(18(24)13-6-8-14(21)9-7-13)26-20-22-17-5-3-2-4-16(17)19(25)23(20)15-10-11-15/h2-9,12,15H,10-11H2,1H3. The van der Waals surface area contributed by atoms with E-state index in [9.17, 15) is 14.0 Å². The highest BCUT2D eigenvalue weighted by Crippen LogP contribution is 2.38. The number of ketones is 1. The highest BCUT2D eigenvalue weighted by molar-refractivity contribution is 8.00. The van der Waals surface area contributed by atoms with Crippen molar-refractivity contribution in [2.45, 2.75) is 36.2 Å². The van der Waals surface area contributed by atoms with Crippen LogP contribution >= 0.6 is 11.8 Å². The van der Waals surface area contributed by atoms with E-state index in [-0.39, 0.29) is 23.2 Å². The molecule has 2 aromatic carbocycles. The molecule has 1 unspecified atom stereocenters. The van der Waals surface area contributed by atoms with Crippen molar-refractivity contribution >= 4 is 28.4 Å². The van der Waals surface area contributed by atoms with Gasteiger partial charge in [-0.25, -0.2) is 9.37 Å². The first kappa shape index (κ1) is 17.0. The molecule has 1 aliphatic rings. The fourth-order valence-corrected chi connectivity index (χ4v) is 3.98. The van der Waals surface area contributed by atoms with Gasteiger partial charge in [-0.15, -0.1) is 0 Å². The molecule has 1 heterocycles. The van der Waals surface area contributed by atoms with Gasteiger partial charge in [0.2, 0.25) is 0 Å². The minimum atomic E-state index is -0.432. The lowest BCUT2D eigenvalue weighted by Gasteiger charge is -2.15. The molecule has 0 amide bonds. The highest BCUT2D eigenvalue weighted by atomic mass is 32.2. The number of carbonyl (C=O) groups is 1. The monoisotopic (exact) mass is 368 g/mol. The lowest BCUT2D eigenvalue weighted by molar-refractivity contribution is 0.0993. The van der Waals surface area contributed by atoms with Gasteiger partial charge in [-0.1, -0.05) is 23.9 Å². The maximum absolute atomic E-state index is 13.1. The van der Waals surface area contributed by atoms with E-state index in [0.717, 1.165) is 12.8 Å². The van der Waals surface area contributed by atoms with E-state index in [1.807, 2.05) is 18.2 Å². The largest absolute Gasteiger partial charge is 0.293 e. The molecule has 0 spiro atoms. The number of rotatable bonds is 5. The summed E-state index contributed by atoms with van der Waals surface area (Å²) in [5.74, 6) is -0.486. The number of thioether (sulfide) groups is 1. The number of fused-ring (bicyclic) bond motifs is 1. The topological polar surface area (TPSA) is 52.0 Å². The second kappa shape index (κ2) is 6.68. The SMILES string of the molecule is CC(Sc1nc2ccccc2c(=O)n1C1CC1)C(=O)c1ccc(F)cc1. The third-order valence-corrected chi connectivity index (χ3v) is 5.53. The number of nitrogens with zero attached hydrogens (tertiary/aromatic N) is 2. The van der Waals surface area contributed by atoms with Crippen LogP contribution in [0.1, 0.15) is 36.2 Å². The smallest absolute Gasteiger partial charge is 0.262 e. The van der Waals surface area contributed by atoms with Crippen LogP contribution in [0.15, 0.2) is 58.5 Å². The maximum Gasteiger partial charge on any atom is 0.262 e. The van der Waals surface area contributed by atoms with Crippen LogP contribution < -0.4 is 5.56 Å². The first-order valence-electron chi connectivity index (χ1n) is 8.52. The summed E-state index contributed by atoms with van der Waals surface area (Å²) >= 11 is 1.28. The first-order chi connectivity index (χ1) is 12.5. The third-order valence-electron chi connectivity index (χ3n) is 4.47. The number of carbonyl (C=O) groups excluding carboxylic acids is 1. The maximum atomic E-state index is 13.1. The van der Waals surface area contributed by atoms with Crippen molar-refractivity contribution in [1.29, 1.82) is 0 Å². The van der Waals surface area contributed by atoms with Gasteiger partial charge in [0.1, 0.15) is 5.82 Å². The summed E-state index contributed by atoms with van der Waals surface area (Å²) in [7, 11) is 0. The molecule has 0 aliphatic heterocycles. The predicted molar refractivity (Wildman–Crippen MR) is 100 cm³/mol. The van der Waals surface area contributed by atoms with Gasteiger partial charge in [0.15, 0.2) is 10.9 Å². The summed E-state index contributed by atoms with van der Waals surface area (Å²) in [5, 5.41) is 0.735. The average molecular weight is 368 g/mol. The fourth-order valence-electron chi connectivity index (χ4n) is 2.92. The van der Waals surface area contributed by atoms with E-state index >= 15 is 0 Å². The summed E-state index contributed by atoms with van der Waals surface area (Å²) in [6, 6.07) is 12.9. The molecule has 4 nitrogen and oxygen atoms in total. The number of para-hydroxylation sites is 1. The molecule has 0 bridgehead atoms. The lowest BCUT2D eigenvalue weighted by atomic mass is 10.1. The molecule has 0 N–H and O–H groups in total.